The highest BCUT2D eigenvalue weighted by Crippen LogP contribution is 2.20. The molecule has 0 aliphatic rings. The highest BCUT2D eigenvalue weighted by Gasteiger charge is 2.16. The van der Waals surface area contributed by atoms with Gasteiger partial charge in [0.25, 0.3) is 0 Å². The molecule has 0 atom stereocenters. The smallest absolute Gasteiger partial charge is 0.231 e. The Hall–Kier alpha value is -1.59. The van der Waals surface area contributed by atoms with Crippen molar-refractivity contribution in [2.75, 3.05) is 43.2 Å². The van der Waals surface area contributed by atoms with Crippen LogP contribution in [0.4, 0.5) is 17.8 Å². The SMILES string of the molecule is CCC(C)(C)CNc1nc(NC)nc(N(C)C)n1. The topological polar surface area (TPSA) is 66.0 Å². The molecule has 0 aliphatic carbocycles. The first-order valence-corrected chi connectivity index (χ1v) is 6.23. The van der Waals surface area contributed by atoms with E-state index in [0.717, 1.165) is 13.0 Å². The van der Waals surface area contributed by atoms with E-state index in [-0.39, 0.29) is 5.41 Å². The predicted octanol–water partition coefficient (Wildman–Crippen LogP) is 1.83. The zero-order valence-corrected chi connectivity index (χ0v) is 12.2. The Bertz CT molecular complexity index is 388. The standard InChI is InChI=1S/C12H24N6/c1-7-12(2,3)8-14-10-15-9(13-4)16-11(17-10)18(5)6/h7-8H2,1-6H3,(H2,13,14,15,16,17). The molecular formula is C12H24N6. The highest BCUT2D eigenvalue weighted by atomic mass is 15.3. The molecule has 0 spiro atoms. The molecule has 1 aromatic rings. The van der Waals surface area contributed by atoms with E-state index < -0.39 is 0 Å². The quantitative estimate of drug-likeness (QED) is 0.805. The van der Waals surface area contributed by atoms with Crippen molar-refractivity contribution in [3.63, 3.8) is 0 Å². The highest BCUT2D eigenvalue weighted by molar-refractivity contribution is 5.42. The van der Waals surface area contributed by atoms with Gasteiger partial charge < -0.3 is 15.5 Å². The van der Waals surface area contributed by atoms with E-state index in [0.29, 0.717) is 17.8 Å². The number of nitrogens with one attached hydrogen (secondary N) is 2. The van der Waals surface area contributed by atoms with Gasteiger partial charge in [-0.05, 0) is 11.8 Å². The van der Waals surface area contributed by atoms with Crippen molar-refractivity contribution in [1.29, 1.82) is 0 Å². The summed E-state index contributed by atoms with van der Waals surface area (Å²) in [6.45, 7) is 7.45. The maximum absolute atomic E-state index is 4.37. The molecule has 0 aliphatic heterocycles. The van der Waals surface area contributed by atoms with E-state index >= 15 is 0 Å². The van der Waals surface area contributed by atoms with Crippen molar-refractivity contribution in [2.24, 2.45) is 5.41 Å². The van der Waals surface area contributed by atoms with Crippen molar-refractivity contribution < 1.29 is 0 Å². The van der Waals surface area contributed by atoms with Gasteiger partial charge in [-0.3, -0.25) is 0 Å². The molecule has 0 aromatic carbocycles. The lowest BCUT2D eigenvalue weighted by Gasteiger charge is -2.23. The summed E-state index contributed by atoms with van der Waals surface area (Å²) in [6.07, 6.45) is 1.10. The van der Waals surface area contributed by atoms with Gasteiger partial charge in [0.05, 0.1) is 0 Å². The number of aromatic nitrogens is 3. The molecule has 2 N–H and O–H groups in total. The fourth-order valence-corrected chi connectivity index (χ4v) is 1.20. The van der Waals surface area contributed by atoms with Crippen LogP contribution >= 0.6 is 0 Å². The molecule has 0 bridgehead atoms. The molecule has 6 heteroatoms. The minimum atomic E-state index is 0.227. The van der Waals surface area contributed by atoms with Crippen LogP contribution in [0.15, 0.2) is 0 Å². The van der Waals surface area contributed by atoms with Crippen LogP contribution in [0, 0.1) is 5.41 Å². The number of anilines is 3. The first kappa shape index (κ1) is 14.5. The monoisotopic (exact) mass is 252 g/mol. The molecule has 6 nitrogen and oxygen atoms in total. The van der Waals surface area contributed by atoms with Crippen LogP contribution in [-0.4, -0.2) is 42.6 Å². The maximum atomic E-state index is 4.37. The minimum Gasteiger partial charge on any atom is -0.357 e. The van der Waals surface area contributed by atoms with Crippen LogP contribution < -0.4 is 15.5 Å². The van der Waals surface area contributed by atoms with Gasteiger partial charge in [-0.15, -0.1) is 0 Å². The lowest BCUT2D eigenvalue weighted by atomic mass is 9.90. The maximum Gasteiger partial charge on any atom is 0.231 e. The van der Waals surface area contributed by atoms with Crippen molar-refractivity contribution in [3.8, 4) is 0 Å². The summed E-state index contributed by atoms with van der Waals surface area (Å²) in [5.74, 6) is 1.83. The van der Waals surface area contributed by atoms with Crippen LogP contribution in [0.5, 0.6) is 0 Å². The van der Waals surface area contributed by atoms with E-state index in [4.69, 9.17) is 0 Å². The molecule has 1 heterocycles. The Kier molecular flexibility index (Phi) is 4.69. The zero-order chi connectivity index (χ0) is 13.8. The lowest BCUT2D eigenvalue weighted by Crippen LogP contribution is -2.24. The minimum absolute atomic E-state index is 0.227. The summed E-state index contributed by atoms with van der Waals surface area (Å²) < 4.78 is 0. The first-order valence-electron chi connectivity index (χ1n) is 6.23. The summed E-state index contributed by atoms with van der Waals surface area (Å²) in [5, 5.41) is 6.22. The van der Waals surface area contributed by atoms with Gasteiger partial charge in [-0.2, -0.15) is 15.0 Å². The second-order valence-corrected chi connectivity index (χ2v) is 5.30. The molecule has 0 saturated heterocycles. The predicted molar refractivity (Wildman–Crippen MR) is 76.3 cm³/mol. The van der Waals surface area contributed by atoms with Crippen molar-refractivity contribution in [1.82, 2.24) is 15.0 Å². The van der Waals surface area contributed by atoms with Crippen LogP contribution in [0.25, 0.3) is 0 Å². The fourth-order valence-electron chi connectivity index (χ4n) is 1.20. The second-order valence-electron chi connectivity index (χ2n) is 5.30. The average Bonchev–Trinajstić information content (AvgIpc) is 2.36. The van der Waals surface area contributed by atoms with E-state index in [2.05, 4.69) is 46.4 Å². The lowest BCUT2D eigenvalue weighted by molar-refractivity contribution is 0.376. The summed E-state index contributed by atoms with van der Waals surface area (Å²) in [4.78, 5) is 14.8. The second kappa shape index (κ2) is 5.84. The molecular weight excluding hydrogens is 228 g/mol. The van der Waals surface area contributed by atoms with Gasteiger partial charge in [0.1, 0.15) is 0 Å². The normalized spacial score (nSPS) is 11.2. The average molecular weight is 252 g/mol. The fraction of sp³-hybridized carbons (Fsp3) is 0.750. The van der Waals surface area contributed by atoms with Crippen LogP contribution in [-0.2, 0) is 0 Å². The van der Waals surface area contributed by atoms with E-state index in [9.17, 15) is 0 Å². The molecule has 0 fully saturated rings. The summed E-state index contributed by atoms with van der Waals surface area (Å²) in [5.41, 5.74) is 0.227. The zero-order valence-electron chi connectivity index (χ0n) is 12.2. The van der Waals surface area contributed by atoms with Crippen LogP contribution in [0.2, 0.25) is 0 Å². The van der Waals surface area contributed by atoms with E-state index in [1.165, 1.54) is 0 Å². The van der Waals surface area contributed by atoms with Gasteiger partial charge >= 0.3 is 0 Å². The molecule has 1 rings (SSSR count). The summed E-state index contributed by atoms with van der Waals surface area (Å²) in [7, 11) is 5.62. The Labute approximate surface area is 109 Å². The van der Waals surface area contributed by atoms with Crippen molar-refractivity contribution in [2.45, 2.75) is 27.2 Å². The van der Waals surface area contributed by atoms with Gasteiger partial charge in [-0.1, -0.05) is 20.8 Å². The molecule has 0 unspecified atom stereocenters. The van der Waals surface area contributed by atoms with Crippen molar-refractivity contribution >= 4 is 17.8 Å². The molecule has 102 valence electrons. The van der Waals surface area contributed by atoms with Gasteiger partial charge in [-0.25, -0.2) is 0 Å². The van der Waals surface area contributed by atoms with Crippen LogP contribution in [0.1, 0.15) is 27.2 Å². The van der Waals surface area contributed by atoms with Crippen molar-refractivity contribution in [3.05, 3.63) is 0 Å². The van der Waals surface area contributed by atoms with E-state index in [1.54, 1.807) is 7.05 Å². The third kappa shape index (κ3) is 4.01. The third-order valence-corrected chi connectivity index (χ3v) is 2.93. The van der Waals surface area contributed by atoms with Gasteiger partial charge in [0.2, 0.25) is 17.8 Å². The Morgan fingerprint density at radius 2 is 1.72 bits per heavy atom. The Balaban J connectivity index is 2.85. The number of nitrogens with zero attached hydrogens (tertiary/aromatic N) is 4. The van der Waals surface area contributed by atoms with Gasteiger partial charge in [0.15, 0.2) is 0 Å². The molecule has 0 radical (unpaired) electrons. The molecule has 18 heavy (non-hydrogen) atoms. The number of hydrogen-bond donors (Lipinski definition) is 2. The Morgan fingerprint density at radius 3 is 2.22 bits per heavy atom. The first-order chi connectivity index (χ1) is 8.38. The van der Waals surface area contributed by atoms with Crippen LogP contribution in [0.3, 0.4) is 0 Å². The Morgan fingerprint density at radius 1 is 1.11 bits per heavy atom. The van der Waals surface area contributed by atoms with E-state index in [1.807, 2.05) is 19.0 Å². The molecule has 0 saturated carbocycles. The third-order valence-electron chi connectivity index (χ3n) is 2.93. The summed E-state index contributed by atoms with van der Waals surface area (Å²) in [6, 6.07) is 0. The number of rotatable bonds is 6. The molecule has 0 amide bonds. The molecule has 1 aromatic heterocycles. The summed E-state index contributed by atoms with van der Waals surface area (Å²) >= 11 is 0. The largest absolute Gasteiger partial charge is 0.357 e. The number of hydrogen-bond acceptors (Lipinski definition) is 6. The van der Waals surface area contributed by atoms with Gasteiger partial charge in [0, 0.05) is 27.7 Å².